The molecule has 2 aliphatic heterocycles. The van der Waals surface area contributed by atoms with E-state index in [-0.39, 0.29) is 30.6 Å². The molecule has 47 heavy (non-hydrogen) atoms. The Morgan fingerprint density at radius 2 is 1.89 bits per heavy atom. The average molecular weight is 646 g/mol. The number of para-hydroxylation sites is 2. The van der Waals surface area contributed by atoms with Crippen molar-refractivity contribution < 1.29 is 24.2 Å². The number of carbonyl (C=O) groups excluding carboxylic acids is 3. The second kappa shape index (κ2) is 19.1. The Kier molecular flexibility index (Phi) is 15.6. The van der Waals surface area contributed by atoms with E-state index in [4.69, 9.17) is 10.5 Å². The van der Waals surface area contributed by atoms with Gasteiger partial charge in [0.15, 0.2) is 0 Å². The summed E-state index contributed by atoms with van der Waals surface area (Å²) in [6, 6.07) is 10.8. The lowest BCUT2D eigenvalue weighted by Gasteiger charge is -2.26. The third-order valence-corrected chi connectivity index (χ3v) is 7.92. The molecule has 0 radical (unpaired) electrons. The minimum absolute atomic E-state index is 0. The Balaban J connectivity index is 0.000000320. The van der Waals surface area contributed by atoms with Crippen molar-refractivity contribution in [2.75, 3.05) is 30.0 Å². The van der Waals surface area contributed by atoms with E-state index in [1.807, 2.05) is 24.0 Å². The number of nitrogens with two attached hydrogens (primary N) is 1. The quantitative estimate of drug-likeness (QED) is 0.137. The van der Waals surface area contributed by atoms with Crippen LogP contribution >= 0.6 is 0 Å². The fourth-order valence-corrected chi connectivity index (χ4v) is 5.48. The number of aryl methyl sites for hydroxylation is 1. The molecule has 254 valence electrons. The zero-order valence-electron chi connectivity index (χ0n) is 27.2. The van der Waals surface area contributed by atoms with Crippen molar-refractivity contribution in [3.05, 3.63) is 84.1 Å². The molecule has 0 spiro atoms. The van der Waals surface area contributed by atoms with Gasteiger partial charge in [0.1, 0.15) is 11.6 Å². The van der Waals surface area contributed by atoms with E-state index in [1.165, 1.54) is 6.42 Å². The highest BCUT2D eigenvalue weighted by atomic mass is 16.5. The molecule has 1 unspecified atom stereocenters. The number of phenolic OH excluding ortho intramolecular Hbond substituents is 1. The number of ether oxygens (including phenoxy) is 1. The molecule has 10 nitrogen and oxygen atoms in total. The van der Waals surface area contributed by atoms with Gasteiger partial charge in [-0.1, -0.05) is 44.9 Å². The molecule has 5 N–H and O–H groups in total. The Hall–Kier alpha value is -4.70. The third kappa shape index (κ3) is 11.2. The van der Waals surface area contributed by atoms with Crippen molar-refractivity contribution in [1.82, 2.24) is 5.32 Å². The van der Waals surface area contributed by atoms with Gasteiger partial charge >= 0.3 is 0 Å². The van der Waals surface area contributed by atoms with Crippen LogP contribution < -0.4 is 21.3 Å². The van der Waals surface area contributed by atoms with Gasteiger partial charge in [-0.15, -0.1) is 0 Å². The fraction of sp³-hybridized carbons (Fsp3) is 0.405. The van der Waals surface area contributed by atoms with E-state index in [9.17, 15) is 19.5 Å². The smallest absolute Gasteiger partial charge is 0.252 e. The van der Waals surface area contributed by atoms with Crippen molar-refractivity contribution in [3.63, 3.8) is 0 Å². The van der Waals surface area contributed by atoms with Crippen LogP contribution in [-0.4, -0.2) is 48.4 Å². The molecule has 2 heterocycles. The first-order chi connectivity index (χ1) is 22.0. The summed E-state index contributed by atoms with van der Waals surface area (Å²) in [5.74, 6) is 0.474. The van der Waals surface area contributed by atoms with Gasteiger partial charge in [-0.25, -0.2) is 4.99 Å². The van der Waals surface area contributed by atoms with Crippen LogP contribution in [0.1, 0.15) is 70.9 Å². The maximum absolute atomic E-state index is 12.5. The molecule has 0 aromatic heterocycles. The normalized spacial score (nSPS) is 16.6. The topological polar surface area (TPSA) is 146 Å². The van der Waals surface area contributed by atoms with Gasteiger partial charge in [0.25, 0.3) is 5.91 Å². The van der Waals surface area contributed by atoms with Crippen LogP contribution in [0.2, 0.25) is 0 Å². The lowest BCUT2D eigenvalue weighted by atomic mass is 9.96. The highest BCUT2D eigenvalue weighted by Crippen LogP contribution is 2.36. The molecule has 0 saturated carbocycles. The van der Waals surface area contributed by atoms with Crippen molar-refractivity contribution in [1.29, 1.82) is 0 Å². The van der Waals surface area contributed by atoms with Gasteiger partial charge in [-0.05, 0) is 95.1 Å². The zero-order valence-corrected chi connectivity index (χ0v) is 27.2. The molecule has 1 atom stereocenters. The molecule has 0 bridgehead atoms. The summed E-state index contributed by atoms with van der Waals surface area (Å²) >= 11 is 0. The molecule has 2 aliphatic rings. The number of phenols is 1. The molecule has 10 heteroatoms. The number of nitrogens with one attached hydrogen (secondary N) is 2. The molecule has 2 aromatic carbocycles. The van der Waals surface area contributed by atoms with Crippen LogP contribution in [0.15, 0.2) is 78.0 Å². The minimum Gasteiger partial charge on any atom is -0.507 e. The maximum atomic E-state index is 12.5. The Morgan fingerprint density at radius 3 is 2.57 bits per heavy atom. The lowest BCUT2D eigenvalue weighted by Crippen LogP contribution is -2.32. The van der Waals surface area contributed by atoms with Gasteiger partial charge in [0, 0.05) is 37.4 Å². The number of allylic oxidation sites excluding steroid dienone is 2. The predicted molar refractivity (Wildman–Crippen MR) is 191 cm³/mol. The number of hydrogen-bond donors (Lipinski definition) is 4. The molecule has 4 rings (SSSR count). The van der Waals surface area contributed by atoms with Crippen molar-refractivity contribution in [2.45, 2.75) is 73.1 Å². The van der Waals surface area contributed by atoms with E-state index in [0.717, 1.165) is 74.8 Å². The van der Waals surface area contributed by atoms with Crippen LogP contribution in [0.5, 0.6) is 5.75 Å². The summed E-state index contributed by atoms with van der Waals surface area (Å²) in [6.45, 7) is 14.9. The summed E-state index contributed by atoms with van der Waals surface area (Å²) in [5, 5.41) is 15.9. The number of amides is 3. The number of aliphatic imine (C=N–C) groups is 1. The van der Waals surface area contributed by atoms with Gasteiger partial charge in [0.05, 0.1) is 22.6 Å². The van der Waals surface area contributed by atoms with E-state index in [2.05, 4.69) is 28.8 Å². The molecule has 1 saturated heterocycles. The number of aromatic hydroxyl groups is 1. The number of hydrogen-bond acceptors (Lipinski definition) is 6. The summed E-state index contributed by atoms with van der Waals surface area (Å²) in [5.41, 5.74) is 9.89. The monoisotopic (exact) mass is 645 g/mol. The van der Waals surface area contributed by atoms with Crippen LogP contribution in [-0.2, 0) is 25.5 Å². The largest absolute Gasteiger partial charge is 0.507 e. The van der Waals surface area contributed by atoms with Gasteiger partial charge in [0.2, 0.25) is 11.8 Å². The van der Waals surface area contributed by atoms with Crippen LogP contribution in [0, 0.1) is 12.8 Å². The highest BCUT2D eigenvalue weighted by Gasteiger charge is 2.25. The number of amidine groups is 1. The standard InChI is InChI=1S/C19H27NO3.C17H20N4O2.CH4/c1-14-7-8-17-16(19(14)22)5-2-6-18(21)20(17)11-9-15-4-3-12-23-13-10-15;1-5-12(16(18)23)17(19-11(3)4)21-14-10-8-7-9-13(14)20-15(22)6-2;/h7-8,15,22H,2-6,9-13H2,1H3;5-10H,2-3H2,1,4H3,(H2,18,23)(H,19,21)(H,20,22);1H4/b;12-5-;. The SMILES string of the molecule is C.C=CC(=O)Nc1ccccc1N=C(NC(=C)C)/C(=C\C)C(N)=O.Cc1ccc2c(c1O)CCCC(=O)N2CCC1CCCOCC1. The van der Waals surface area contributed by atoms with Crippen molar-refractivity contribution >= 4 is 40.6 Å². The van der Waals surface area contributed by atoms with E-state index in [0.29, 0.717) is 35.2 Å². The summed E-state index contributed by atoms with van der Waals surface area (Å²) < 4.78 is 5.53. The van der Waals surface area contributed by atoms with Gasteiger partial charge < -0.3 is 31.1 Å². The molecule has 2 aromatic rings. The van der Waals surface area contributed by atoms with E-state index in [1.54, 1.807) is 44.2 Å². The van der Waals surface area contributed by atoms with Crippen LogP contribution in [0.25, 0.3) is 0 Å². The molecule has 0 aliphatic carbocycles. The fourth-order valence-electron chi connectivity index (χ4n) is 5.48. The first-order valence-corrected chi connectivity index (χ1v) is 15.7. The summed E-state index contributed by atoms with van der Waals surface area (Å²) in [6.07, 6.45) is 9.30. The number of carbonyl (C=O) groups is 3. The second-order valence-electron chi connectivity index (χ2n) is 11.5. The summed E-state index contributed by atoms with van der Waals surface area (Å²) in [7, 11) is 0. The molecular formula is C37H51N5O5. The van der Waals surface area contributed by atoms with Crippen LogP contribution in [0.4, 0.5) is 17.1 Å². The summed E-state index contributed by atoms with van der Waals surface area (Å²) in [4.78, 5) is 41.9. The van der Waals surface area contributed by atoms with Crippen LogP contribution in [0.3, 0.4) is 0 Å². The number of rotatable bonds is 9. The molecule has 1 fully saturated rings. The van der Waals surface area contributed by atoms with Crippen molar-refractivity contribution in [3.8, 4) is 5.75 Å². The lowest BCUT2D eigenvalue weighted by molar-refractivity contribution is -0.118. The number of primary amides is 1. The number of anilines is 2. The Bertz CT molecular complexity index is 1490. The maximum Gasteiger partial charge on any atom is 0.252 e. The molecule has 3 amide bonds. The Morgan fingerprint density at radius 1 is 1.15 bits per heavy atom. The number of fused-ring (bicyclic) bond motifs is 1. The number of benzene rings is 2. The van der Waals surface area contributed by atoms with Crippen molar-refractivity contribution in [2.24, 2.45) is 16.6 Å². The predicted octanol–water partition coefficient (Wildman–Crippen LogP) is 6.61. The van der Waals surface area contributed by atoms with Gasteiger partial charge in [-0.3, -0.25) is 14.4 Å². The number of nitrogens with zero attached hydrogens (tertiary/aromatic N) is 2. The first-order valence-electron chi connectivity index (χ1n) is 15.7. The average Bonchev–Trinajstić information content (AvgIpc) is 3.38. The first kappa shape index (κ1) is 38.5. The Labute approximate surface area is 279 Å². The minimum atomic E-state index is -0.618. The molecular weight excluding hydrogens is 594 g/mol. The third-order valence-electron chi connectivity index (χ3n) is 7.92. The zero-order chi connectivity index (χ0) is 33.6. The highest BCUT2D eigenvalue weighted by molar-refractivity contribution is 6.21. The van der Waals surface area contributed by atoms with E-state index < -0.39 is 5.91 Å². The van der Waals surface area contributed by atoms with Gasteiger partial charge in [-0.2, -0.15) is 0 Å². The van der Waals surface area contributed by atoms with E-state index >= 15 is 0 Å². The second-order valence-corrected chi connectivity index (χ2v) is 11.5.